The topological polar surface area (TPSA) is 129 Å². The lowest BCUT2D eigenvalue weighted by atomic mass is 10.2. The van der Waals surface area contributed by atoms with Gasteiger partial charge in [-0.3, -0.25) is 4.79 Å². The quantitative estimate of drug-likeness (QED) is 0.315. The molecule has 0 saturated carbocycles. The van der Waals surface area contributed by atoms with Crippen molar-refractivity contribution in [3.63, 3.8) is 0 Å². The van der Waals surface area contributed by atoms with Crippen molar-refractivity contribution in [3.8, 4) is 28.5 Å². The zero-order valence-corrected chi connectivity index (χ0v) is 21.4. The number of carbonyl (C=O) groups is 1. The van der Waals surface area contributed by atoms with Crippen LogP contribution in [0.3, 0.4) is 0 Å². The molecule has 2 heterocycles. The highest BCUT2D eigenvalue weighted by molar-refractivity contribution is 7.11. The molecule has 0 aliphatic rings. The highest BCUT2D eigenvalue weighted by Gasteiger charge is 2.21. The zero-order valence-electron chi connectivity index (χ0n) is 20.6. The number of thiazole rings is 1. The van der Waals surface area contributed by atoms with Crippen LogP contribution in [0.15, 0.2) is 23.6 Å². The van der Waals surface area contributed by atoms with Crippen LogP contribution < -0.4 is 34.9 Å². The van der Waals surface area contributed by atoms with Gasteiger partial charge in [-0.05, 0) is 18.6 Å². The lowest BCUT2D eigenvalue weighted by Crippen LogP contribution is -2.28. The molecule has 11 nitrogen and oxygen atoms in total. The van der Waals surface area contributed by atoms with Crippen molar-refractivity contribution in [1.82, 2.24) is 20.3 Å². The van der Waals surface area contributed by atoms with Crippen LogP contribution in [0.25, 0.3) is 0 Å². The number of methoxy groups -OCH3 is 3. The molecule has 0 bridgehead atoms. The highest BCUT2D eigenvalue weighted by atomic mass is 32.1. The molecular weight excluding hydrogens is 472 g/mol. The lowest BCUT2D eigenvalue weighted by Gasteiger charge is -2.14. The smallest absolute Gasteiger partial charge is 0.279 e. The molecule has 12 heteroatoms. The Bertz CT molecular complexity index is 1130. The van der Waals surface area contributed by atoms with Crippen molar-refractivity contribution < 1.29 is 23.7 Å². The van der Waals surface area contributed by atoms with Crippen molar-refractivity contribution in [1.29, 1.82) is 0 Å². The van der Waals surface area contributed by atoms with Gasteiger partial charge in [-0.1, -0.05) is 31.3 Å². The van der Waals surface area contributed by atoms with E-state index in [-0.39, 0.29) is 23.1 Å². The van der Waals surface area contributed by atoms with Crippen LogP contribution >= 0.6 is 11.3 Å². The molecule has 3 N–H and O–H groups in total. The molecule has 3 rings (SSSR count). The first kappa shape index (κ1) is 26.0. The lowest BCUT2D eigenvalue weighted by molar-refractivity contribution is 0.102. The monoisotopic (exact) mass is 502 g/mol. The van der Waals surface area contributed by atoms with Gasteiger partial charge in [-0.15, -0.1) is 0 Å². The Labute approximate surface area is 208 Å². The van der Waals surface area contributed by atoms with Crippen molar-refractivity contribution in [2.45, 2.75) is 26.8 Å². The summed E-state index contributed by atoms with van der Waals surface area (Å²) >= 11 is 1.20. The minimum atomic E-state index is -0.486. The average molecular weight is 503 g/mol. The number of hydrogen-bond acceptors (Lipinski definition) is 11. The van der Waals surface area contributed by atoms with E-state index in [1.54, 1.807) is 18.6 Å². The Kier molecular flexibility index (Phi) is 9.04. The van der Waals surface area contributed by atoms with E-state index in [1.807, 2.05) is 19.1 Å². The first-order chi connectivity index (χ1) is 16.8. The van der Waals surface area contributed by atoms with E-state index in [4.69, 9.17) is 18.9 Å². The maximum absolute atomic E-state index is 12.9. The molecule has 0 spiro atoms. The fraction of sp³-hybridized carbons (Fsp3) is 0.391. The van der Waals surface area contributed by atoms with Crippen LogP contribution in [0.2, 0.25) is 0 Å². The van der Waals surface area contributed by atoms with Gasteiger partial charge in [0.15, 0.2) is 5.69 Å². The second kappa shape index (κ2) is 12.2. The van der Waals surface area contributed by atoms with Crippen LogP contribution in [0.4, 0.5) is 11.6 Å². The highest BCUT2D eigenvalue weighted by Crippen LogP contribution is 2.34. The van der Waals surface area contributed by atoms with E-state index in [2.05, 4.69) is 44.7 Å². The maximum atomic E-state index is 12.9. The number of aromatic nitrogens is 3. The van der Waals surface area contributed by atoms with Crippen molar-refractivity contribution in [2.24, 2.45) is 0 Å². The number of anilines is 2. The number of benzene rings is 1. The predicted molar refractivity (Wildman–Crippen MR) is 135 cm³/mol. The molecule has 1 aromatic carbocycles. The molecule has 0 saturated heterocycles. The molecule has 0 unspecified atom stereocenters. The molecule has 1 amide bonds. The molecule has 0 radical (unpaired) electrons. The number of carbonyl (C=O) groups excluding carboxylic acids is 1. The van der Waals surface area contributed by atoms with E-state index in [0.29, 0.717) is 35.2 Å². The molecule has 0 aliphatic carbocycles. The largest absolute Gasteiger partial charge is 0.497 e. The number of hydrogen-bond donors (Lipinski definition) is 3. The Hall–Kier alpha value is -3.64. The third kappa shape index (κ3) is 6.93. The first-order valence-corrected chi connectivity index (χ1v) is 11.8. The van der Waals surface area contributed by atoms with Gasteiger partial charge in [0.2, 0.25) is 17.7 Å². The predicted octanol–water partition coefficient (Wildman–Crippen LogP) is 3.72. The Morgan fingerprint density at radius 2 is 1.74 bits per heavy atom. The third-order valence-electron chi connectivity index (χ3n) is 4.74. The van der Waals surface area contributed by atoms with E-state index in [1.165, 1.54) is 25.6 Å². The van der Waals surface area contributed by atoms with E-state index in [0.717, 1.165) is 12.1 Å². The minimum Gasteiger partial charge on any atom is -0.497 e. The molecule has 0 fully saturated rings. The molecule has 0 aliphatic heterocycles. The van der Waals surface area contributed by atoms with Gasteiger partial charge in [-0.25, -0.2) is 0 Å². The van der Waals surface area contributed by atoms with Crippen LogP contribution in [-0.2, 0) is 0 Å². The van der Waals surface area contributed by atoms with Crippen LogP contribution in [0.5, 0.6) is 28.5 Å². The number of ether oxygens (including phenoxy) is 4. The minimum absolute atomic E-state index is 0.156. The van der Waals surface area contributed by atoms with Gasteiger partial charge in [0.05, 0.1) is 21.3 Å². The fourth-order valence-electron chi connectivity index (χ4n) is 2.93. The molecular formula is C23H30N6O5S. The first-order valence-electron chi connectivity index (χ1n) is 10.9. The van der Waals surface area contributed by atoms with Crippen LogP contribution in [-0.4, -0.2) is 61.3 Å². The van der Waals surface area contributed by atoms with Crippen molar-refractivity contribution in [2.75, 3.05) is 45.1 Å². The van der Waals surface area contributed by atoms with E-state index < -0.39 is 5.91 Å². The summed E-state index contributed by atoms with van der Waals surface area (Å²) in [4.78, 5) is 25.9. The van der Waals surface area contributed by atoms with Gasteiger partial charge >= 0.3 is 0 Å². The van der Waals surface area contributed by atoms with Gasteiger partial charge < -0.3 is 34.9 Å². The standard InChI is InChI=1S/C23H30N6O5S/c1-13(2)24-9-10-25-22-28-20(32-5)18(21(29-22)33-6)27-19(30)16-12-35-23(26-16)34-17-11-15(31-4)8-7-14(17)3/h7-8,11-13,24H,9-10H2,1-6H3,(H,27,30)(H,25,28,29). The van der Waals surface area contributed by atoms with Gasteiger partial charge in [0.25, 0.3) is 11.1 Å². The number of rotatable bonds is 12. The van der Waals surface area contributed by atoms with Crippen molar-refractivity contribution >= 4 is 28.9 Å². The summed E-state index contributed by atoms with van der Waals surface area (Å²) in [6.45, 7) is 7.38. The van der Waals surface area contributed by atoms with Crippen LogP contribution in [0.1, 0.15) is 29.9 Å². The molecule has 0 atom stereocenters. The van der Waals surface area contributed by atoms with Gasteiger partial charge in [-0.2, -0.15) is 15.0 Å². The van der Waals surface area contributed by atoms with E-state index in [9.17, 15) is 4.79 Å². The average Bonchev–Trinajstić information content (AvgIpc) is 3.32. The number of amides is 1. The fourth-order valence-corrected chi connectivity index (χ4v) is 3.60. The van der Waals surface area contributed by atoms with Gasteiger partial charge in [0, 0.05) is 30.6 Å². The zero-order chi connectivity index (χ0) is 25.4. The second-order valence-corrected chi connectivity index (χ2v) is 8.48. The number of nitrogens with zero attached hydrogens (tertiary/aromatic N) is 3. The number of nitrogens with one attached hydrogen (secondary N) is 3. The molecule has 3 aromatic rings. The summed E-state index contributed by atoms with van der Waals surface area (Å²) in [5, 5.41) is 11.0. The summed E-state index contributed by atoms with van der Waals surface area (Å²) < 4.78 is 21.8. The summed E-state index contributed by atoms with van der Waals surface area (Å²) in [6, 6.07) is 5.86. The third-order valence-corrected chi connectivity index (χ3v) is 5.45. The summed E-state index contributed by atoms with van der Waals surface area (Å²) in [5.74, 6) is 1.40. The Morgan fingerprint density at radius 3 is 2.37 bits per heavy atom. The molecule has 35 heavy (non-hydrogen) atoms. The normalized spacial score (nSPS) is 10.7. The van der Waals surface area contributed by atoms with Gasteiger partial charge in [0.1, 0.15) is 17.2 Å². The summed E-state index contributed by atoms with van der Waals surface area (Å²) in [7, 11) is 4.48. The Balaban J connectivity index is 1.73. The molecule has 2 aromatic heterocycles. The van der Waals surface area contributed by atoms with Crippen molar-refractivity contribution in [3.05, 3.63) is 34.8 Å². The number of aryl methyl sites for hydroxylation is 1. The summed E-state index contributed by atoms with van der Waals surface area (Å²) in [6.07, 6.45) is 0. The van der Waals surface area contributed by atoms with E-state index >= 15 is 0 Å². The van der Waals surface area contributed by atoms with Crippen LogP contribution in [0, 0.1) is 6.92 Å². The Morgan fingerprint density at radius 1 is 1.03 bits per heavy atom. The maximum Gasteiger partial charge on any atom is 0.279 e. The summed E-state index contributed by atoms with van der Waals surface area (Å²) in [5.41, 5.74) is 1.27. The second-order valence-electron chi connectivity index (χ2n) is 7.66. The molecule has 188 valence electrons. The SMILES string of the molecule is COc1ccc(C)c(Oc2nc(C(=O)Nc3c(OC)nc(NCCNC(C)C)nc3OC)cs2)c1.